The van der Waals surface area contributed by atoms with Crippen LogP contribution in [0, 0.1) is 6.92 Å². The van der Waals surface area contributed by atoms with E-state index in [1.165, 1.54) is 0 Å². The Morgan fingerprint density at radius 3 is 2.51 bits per heavy atom. The summed E-state index contributed by atoms with van der Waals surface area (Å²) >= 11 is 9.81. The number of aliphatic carboxylic acids is 1. The molecule has 0 spiro atoms. The number of ether oxygens (including phenoxy) is 1. The lowest BCUT2D eigenvalue weighted by atomic mass is 9.97. The van der Waals surface area contributed by atoms with Crippen molar-refractivity contribution in [1.82, 2.24) is 10.3 Å². The van der Waals surface area contributed by atoms with Gasteiger partial charge < -0.3 is 15.2 Å². The maximum absolute atomic E-state index is 13.6. The molecule has 0 fully saturated rings. The first kappa shape index (κ1) is 24.9. The number of carboxylic acid groups (broad SMARTS) is 1. The van der Waals surface area contributed by atoms with Crippen molar-refractivity contribution in [1.29, 1.82) is 0 Å². The molecule has 1 unspecified atom stereocenters. The third-order valence-corrected chi connectivity index (χ3v) is 6.41. The molecule has 0 aliphatic rings. The third-order valence-electron chi connectivity index (χ3n) is 5.57. The van der Waals surface area contributed by atoms with Gasteiger partial charge in [-0.2, -0.15) is 0 Å². The largest absolute Gasteiger partial charge is 0.480 e. The summed E-state index contributed by atoms with van der Waals surface area (Å²) in [4.78, 5) is 29.5. The van der Waals surface area contributed by atoms with E-state index < -0.39 is 18.7 Å². The van der Waals surface area contributed by atoms with Crippen LogP contribution in [0.4, 0.5) is 0 Å². The van der Waals surface area contributed by atoms with Gasteiger partial charge in [0.2, 0.25) is 0 Å². The van der Waals surface area contributed by atoms with Crippen molar-refractivity contribution in [3.05, 3.63) is 99.0 Å². The summed E-state index contributed by atoms with van der Waals surface area (Å²) in [5.41, 5.74) is 4.14. The second kappa shape index (κ2) is 11.0. The number of carbonyl (C=O) groups is 2. The first-order valence-electron chi connectivity index (χ1n) is 10.9. The molecule has 1 atom stereocenters. The molecule has 1 aromatic heterocycles. The van der Waals surface area contributed by atoms with Gasteiger partial charge in [0.05, 0.1) is 16.8 Å². The number of nitrogens with one attached hydrogen (secondary N) is 1. The molecule has 0 bridgehead atoms. The van der Waals surface area contributed by atoms with Crippen LogP contribution in [0.3, 0.4) is 0 Å². The second-order valence-corrected chi connectivity index (χ2v) is 9.24. The van der Waals surface area contributed by atoms with Crippen LogP contribution >= 0.6 is 27.5 Å². The number of halogens is 2. The van der Waals surface area contributed by atoms with E-state index in [-0.39, 0.29) is 12.5 Å². The summed E-state index contributed by atoms with van der Waals surface area (Å²) in [7, 11) is 0. The smallest absolute Gasteiger partial charge is 0.329 e. The van der Waals surface area contributed by atoms with Gasteiger partial charge in [0.1, 0.15) is 12.7 Å². The molecule has 1 amide bonds. The molecule has 0 aliphatic heterocycles. The van der Waals surface area contributed by atoms with Crippen LogP contribution in [0.1, 0.15) is 27.6 Å². The lowest BCUT2D eigenvalue weighted by Crippen LogP contribution is -2.31. The lowest BCUT2D eigenvalue weighted by molar-refractivity contribution is -0.144. The minimum absolute atomic E-state index is 0.0355. The molecule has 3 aromatic carbocycles. The Morgan fingerprint density at radius 2 is 1.80 bits per heavy atom. The molecule has 0 radical (unpaired) electrons. The van der Waals surface area contributed by atoms with Crippen molar-refractivity contribution in [2.45, 2.75) is 13.0 Å². The van der Waals surface area contributed by atoms with E-state index in [4.69, 9.17) is 26.4 Å². The predicted octanol–water partition coefficient (Wildman–Crippen LogP) is 6.20. The Morgan fingerprint density at radius 1 is 1.09 bits per heavy atom. The van der Waals surface area contributed by atoms with Crippen LogP contribution in [0.2, 0.25) is 5.02 Å². The first-order chi connectivity index (χ1) is 16.8. The molecule has 1 heterocycles. The van der Waals surface area contributed by atoms with Crippen LogP contribution in [0.25, 0.3) is 22.2 Å². The summed E-state index contributed by atoms with van der Waals surface area (Å²) in [5, 5.41) is 13.2. The number of benzene rings is 3. The van der Waals surface area contributed by atoms with E-state index in [9.17, 15) is 9.59 Å². The average Bonchev–Trinajstić information content (AvgIpc) is 2.84. The summed E-state index contributed by atoms with van der Waals surface area (Å²) in [6.45, 7) is 1.39. The molecule has 4 rings (SSSR count). The quantitative estimate of drug-likeness (QED) is 0.271. The van der Waals surface area contributed by atoms with Crippen LogP contribution in [-0.2, 0) is 9.53 Å². The Hall–Kier alpha value is -3.26. The van der Waals surface area contributed by atoms with Crippen LogP contribution in [-0.4, -0.2) is 35.1 Å². The summed E-state index contributed by atoms with van der Waals surface area (Å²) in [6, 6.07) is 22.3. The second-order valence-electron chi connectivity index (χ2n) is 7.91. The zero-order valence-electron chi connectivity index (χ0n) is 18.8. The number of carbonyl (C=O) groups excluding carboxylic acids is 1. The number of fused-ring (bicyclic) bond motifs is 1. The van der Waals surface area contributed by atoms with E-state index in [1.54, 1.807) is 24.3 Å². The van der Waals surface area contributed by atoms with Gasteiger partial charge in [-0.25, -0.2) is 9.78 Å². The molecule has 0 saturated heterocycles. The Bertz CT molecular complexity index is 1400. The van der Waals surface area contributed by atoms with E-state index in [0.717, 1.165) is 21.3 Å². The maximum atomic E-state index is 13.6. The fourth-order valence-electron chi connectivity index (χ4n) is 3.94. The fraction of sp³-hybridized carbons (Fsp3) is 0.148. The predicted molar refractivity (Wildman–Crippen MR) is 140 cm³/mol. The normalized spacial score (nSPS) is 11.9. The van der Waals surface area contributed by atoms with Gasteiger partial charge in [0.15, 0.2) is 0 Å². The molecule has 178 valence electrons. The van der Waals surface area contributed by atoms with Gasteiger partial charge in [-0.3, -0.25) is 4.79 Å². The average molecular weight is 554 g/mol. The molecule has 2 N–H and O–H groups in total. The number of hydrogen-bond donors (Lipinski definition) is 2. The van der Waals surface area contributed by atoms with Crippen molar-refractivity contribution in [3.8, 4) is 11.3 Å². The molecular weight excluding hydrogens is 532 g/mol. The maximum Gasteiger partial charge on any atom is 0.329 e. The minimum Gasteiger partial charge on any atom is -0.480 e. The third kappa shape index (κ3) is 5.70. The topological polar surface area (TPSA) is 88.5 Å². The van der Waals surface area contributed by atoms with Gasteiger partial charge in [0, 0.05) is 32.6 Å². The van der Waals surface area contributed by atoms with E-state index in [2.05, 4.69) is 21.2 Å². The number of pyridine rings is 1. The molecule has 4 aromatic rings. The number of nitrogens with zero attached hydrogens (tertiary/aromatic N) is 1. The van der Waals surface area contributed by atoms with Crippen LogP contribution in [0.15, 0.2) is 77.3 Å². The molecule has 35 heavy (non-hydrogen) atoms. The van der Waals surface area contributed by atoms with E-state index in [0.29, 0.717) is 27.1 Å². The zero-order chi connectivity index (χ0) is 24.9. The van der Waals surface area contributed by atoms with E-state index >= 15 is 0 Å². The van der Waals surface area contributed by atoms with Crippen molar-refractivity contribution < 1.29 is 19.4 Å². The highest BCUT2D eigenvalue weighted by molar-refractivity contribution is 9.10. The highest BCUT2D eigenvalue weighted by atomic mass is 79.9. The summed E-state index contributed by atoms with van der Waals surface area (Å²) < 4.78 is 6.39. The van der Waals surface area contributed by atoms with E-state index in [1.807, 2.05) is 55.5 Å². The first-order valence-corrected chi connectivity index (χ1v) is 12.0. The van der Waals surface area contributed by atoms with Crippen molar-refractivity contribution in [2.24, 2.45) is 0 Å². The number of rotatable bonds is 8. The number of carboxylic acids is 1. The summed E-state index contributed by atoms with van der Waals surface area (Å²) in [6.07, 6.45) is -0.738. The molecule has 8 heteroatoms. The SMILES string of the molecule is Cc1c(-c2ccccc2)nc2ccc(Br)cc2c1C(=O)NCC(OCC(=O)O)c1ccccc1Cl. The molecular formula is C27H22BrClN2O4. The van der Waals surface area contributed by atoms with Gasteiger partial charge in [-0.05, 0) is 36.8 Å². The van der Waals surface area contributed by atoms with Crippen molar-refractivity contribution in [3.63, 3.8) is 0 Å². The van der Waals surface area contributed by atoms with Crippen LogP contribution in [0.5, 0.6) is 0 Å². The van der Waals surface area contributed by atoms with Crippen LogP contribution < -0.4 is 5.32 Å². The van der Waals surface area contributed by atoms with Gasteiger partial charge >= 0.3 is 5.97 Å². The minimum atomic E-state index is -1.11. The van der Waals surface area contributed by atoms with Crippen molar-refractivity contribution >= 4 is 50.3 Å². The van der Waals surface area contributed by atoms with Gasteiger partial charge in [-0.15, -0.1) is 0 Å². The highest BCUT2D eigenvalue weighted by Gasteiger charge is 2.22. The molecule has 0 saturated carbocycles. The number of hydrogen-bond acceptors (Lipinski definition) is 4. The summed E-state index contributed by atoms with van der Waals surface area (Å²) in [5.74, 6) is -1.43. The monoisotopic (exact) mass is 552 g/mol. The molecule has 6 nitrogen and oxygen atoms in total. The van der Waals surface area contributed by atoms with Gasteiger partial charge in [-0.1, -0.05) is 76.1 Å². The zero-order valence-corrected chi connectivity index (χ0v) is 21.1. The highest BCUT2D eigenvalue weighted by Crippen LogP contribution is 2.31. The standard InChI is InChI=1S/C27H22BrClN2O4/c1-16-25(20-13-18(28)11-12-22(20)31-26(16)17-7-3-2-4-8-17)27(34)30-14-23(35-15-24(32)33)19-9-5-6-10-21(19)29/h2-13,23H,14-15H2,1H3,(H,30,34)(H,32,33). The number of aromatic nitrogens is 1. The lowest BCUT2D eigenvalue weighted by Gasteiger charge is -2.20. The Labute approximate surface area is 216 Å². The molecule has 0 aliphatic carbocycles. The fourth-order valence-corrected chi connectivity index (χ4v) is 4.56. The Kier molecular flexibility index (Phi) is 7.80. The number of amides is 1. The Balaban J connectivity index is 1.71. The van der Waals surface area contributed by atoms with Crippen molar-refractivity contribution in [2.75, 3.05) is 13.2 Å². The van der Waals surface area contributed by atoms with Gasteiger partial charge in [0.25, 0.3) is 5.91 Å².